The van der Waals surface area contributed by atoms with E-state index in [0.29, 0.717) is 11.5 Å². The summed E-state index contributed by atoms with van der Waals surface area (Å²) in [7, 11) is 0. The van der Waals surface area contributed by atoms with Crippen molar-refractivity contribution in [3.8, 4) is 5.82 Å². The van der Waals surface area contributed by atoms with Gasteiger partial charge in [-0.3, -0.25) is 9.89 Å². The van der Waals surface area contributed by atoms with Crippen LogP contribution in [0.25, 0.3) is 5.82 Å². The summed E-state index contributed by atoms with van der Waals surface area (Å²) < 4.78 is 1.93. The molecule has 1 amide bonds. The third-order valence-corrected chi connectivity index (χ3v) is 4.83. The minimum Gasteiger partial charge on any atom is -0.339 e. The van der Waals surface area contributed by atoms with E-state index in [2.05, 4.69) is 15.2 Å². The molecular weight excluding hydrogens is 314 g/mol. The van der Waals surface area contributed by atoms with Crippen molar-refractivity contribution in [2.75, 3.05) is 13.1 Å². The molecule has 1 aliphatic heterocycles. The Morgan fingerprint density at radius 2 is 1.96 bits per heavy atom. The Balaban J connectivity index is 1.35. The number of pyridine rings is 1. The van der Waals surface area contributed by atoms with Crippen LogP contribution in [0.5, 0.6) is 0 Å². The van der Waals surface area contributed by atoms with Gasteiger partial charge in [-0.1, -0.05) is 0 Å². The molecule has 0 atom stereocenters. The van der Waals surface area contributed by atoms with Crippen molar-refractivity contribution in [1.29, 1.82) is 0 Å². The highest BCUT2D eigenvalue weighted by Crippen LogP contribution is 2.22. The summed E-state index contributed by atoms with van der Waals surface area (Å²) in [5.74, 6) is 1.50. The Morgan fingerprint density at radius 1 is 1.16 bits per heavy atom. The smallest absolute Gasteiger partial charge is 0.255 e. The highest BCUT2D eigenvalue weighted by molar-refractivity contribution is 5.94. The zero-order chi connectivity index (χ0) is 17.1. The van der Waals surface area contributed by atoms with Gasteiger partial charge < -0.3 is 9.47 Å². The first-order valence-corrected chi connectivity index (χ1v) is 8.66. The van der Waals surface area contributed by atoms with E-state index >= 15 is 0 Å². The Kier molecular flexibility index (Phi) is 4.33. The Hall–Kier alpha value is -2.89. The lowest BCUT2D eigenvalue weighted by atomic mass is 9.92. The molecule has 4 rings (SSSR count). The van der Waals surface area contributed by atoms with Gasteiger partial charge >= 0.3 is 0 Å². The Labute approximate surface area is 146 Å². The van der Waals surface area contributed by atoms with Crippen molar-refractivity contribution in [2.24, 2.45) is 5.92 Å². The molecule has 3 aromatic heterocycles. The van der Waals surface area contributed by atoms with Crippen molar-refractivity contribution in [2.45, 2.75) is 19.3 Å². The second kappa shape index (κ2) is 6.93. The largest absolute Gasteiger partial charge is 0.339 e. The molecule has 128 valence electrons. The molecule has 0 saturated carbocycles. The van der Waals surface area contributed by atoms with Gasteiger partial charge in [-0.05, 0) is 55.5 Å². The molecule has 6 heteroatoms. The van der Waals surface area contributed by atoms with Crippen LogP contribution >= 0.6 is 0 Å². The number of H-pyrrole nitrogens is 1. The van der Waals surface area contributed by atoms with Crippen LogP contribution in [0.4, 0.5) is 0 Å². The summed E-state index contributed by atoms with van der Waals surface area (Å²) in [6, 6.07) is 9.68. The number of rotatable bonds is 4. The highest BCUT2D eigenvalue weighted by atomic mass is 16.2. The molecule has 0 bridgehead atoms. The minimum atomic E-state index is 0.0755. The number of hydrogen-bond acceptors (Lipinski definition) is 3. The third kappa shape index (κ3) is 3.47. The summed E-state index contributed by atoms with van der Waals surface area (Å²) >= 11 is 0. The first-order valence-electron chi connectivity index (χ1n) is 8.66. The van der Waals surface area contributed by atoms with Crippen molar-refractivity contribution in [3.05, 3.63) is 66.4 Å². The maximum absolute atomic E-state index is 12.7. The normalized spacial score (nSPS) is 15.4. The lowest BCUT2D eigenvalue weighted by Crippen LogP contribution is -2.39. The van der Waals surface area contributed by atoms with Gasteiger partial charge in [0.15, 0.2) is 0 Å². The number of carbonyl (C=O) groups excluding carboxylic acids is 1. The van der Waals surface area contributed by atoms with Crippen molar-refractivity contribution in [3.63, 3.8) is 0 Å². The molecule has 4 heterocycles. The average Bonchev–Trinajstić information content (AvgIpc) is 3.36. The number of carbonyl (C=O) groups is 1. The lowest BCUT2D eigenvalue weighted by molar-refractivity contribution is 0.0690. The summed E-state index contributed by atoms with van der Waals surface area (Å²) in [5, 5.41) is 7.02. The Bertz CT molecular complexity index is 800. The standard InChI is InChI=1S/C19H21N5O/c25-19(16-3-4-18(20-14-16)23-9-1-2-10-23)24-11-6-15(7-12-24)13-17-5-8-21-22-17/h1-5,8-10,14-15H,6-7,11-13H2,(H,21,22). The average molecular weight is 335 g/mol. The fourth-order valence-electron chi connectivity index (χ4n) is 3.38. The third-order valence-electron chi connectivity index (χ3n) is 4.83. The molecule has 6 nitrogen and oxygen atoms in total. The van der Waals surface area contributed by atoms with Crippen LogP contribution in [0.1, 0.15) is 28.9 Å². The zero-order valence-corrected chi connectivity index (χ0v) is 14.0. The molecule has 1 aliphatic rings. The van der Waals surface area contributed by atoms with E-state index in [0.717, 1.165) is 38.2 Å². The number of nitrogens with one attached hydrogen (secondary N) is 1. The van der Waals surface area contributed by atoms with Crippen LogP contribution in [0.2, 0.25) is 0 Å². The van der Waals surface area contributed by atoms with E-state index < -0.39 is 0 Å². The summed E-state index contributed by atoms with van der Waals surface area (Å²) in [4.78, 5) is 19.0. The zero-order valence-electron chi connectivity index (χ0n) is 14.0. The number of aromatic amines is 1. The number of hydrogen-bond donors (Lipinski definition) is 1. The predicted octanol–water partition coefficient (Wildman–Crippen LogP) is 2.69. The molecule has 0 unspecified atom stereocenters. The summed E-state index contributed by atoms with van der Waals surface area (Å²) in [6.07, 6.45) is 10.4. The molecule has 25 heavy (non-hydrogen) atoms. The van der Waals surface area contributed by atoms with Crippen molar-refractivity contribution in [1.82, 2.24) is 24.6 Å². The molecule has 3 aromatic rings. The van der Waals surface area contributed by atoms with Crippen molar-refractivity contribution >= 4 is 5.91 Å². The van der Waals surface area contributed by atoms with Crippen LogP contribution in [-0.4, -0.2) is 43.6 Å². The number of nitrogens with zero attached hydrogens (tertiary/aromatic N) is 4. The van der Waals surface area contributed by atoms with Gasteiger partial charge in [0, 0.05) is 43.6 Å². The van der Waals surface area contributed by atoms with Crippen LogP contribution in [0.3, 0.4) is 0 Å². The quantitative estimate of drug-likeness (QED) is 0.797. The van der Waals surface area contributed by atoms with E-state index in [-0.39, 0.29) is 5.91 Å². The van der Waals surface area contributed by atoms with Gasteiger partial charge in [0.05, 0.1) is 5.56 Å². The second-order valence-electron chi connectivity index (χ2n) is 6.52. The topological polar surface area (TPSA) is 66.8 Å². The molecule has 0 spiro atoms. The number of likely N-dealkylation sites (tertiary alicyclic amines) is 1. The highest BCUT2D eigenvalue weighted by Gasteiger charge is 2.24. The summed E-state index contributed by atoms with van der Waals surface area (Å²) in [6.45, 7) is 1.61. The van der Waals surface area contributed by atoms with Gasteiger partial charge in [0.25, 0.3) is 5.91 Å². The molecule has 0 aliphatic carbocycles. The van der Waals surface area contributed by atoms with E-state index in [1.807, 2.05) is 52.2 Å². The van der Waals surface area contributed by atoms with Crippen LogP contribution in [0.15, 0.2) is 55.1 Å². The fraction of sp³-hybridized carbons (Fsp3) is 0.316. The van der Waals surface area contributed by atoms with E-state index in [4.69, 9.17) is 0 Å². The number of amides is 1. The molecule has 1 saturated heterocycles. The van der Waals surface area contributed by atoms with Crippen molar-refractivity contribution < 1.29 is 4.79 Å². The maximum Gasteiger partial charge on any atom is 0.255 e. The minimum absolute atomic E-state index is 0.0755. The SMILES string of the molecule is O=C(c1ccc(-n2cccc2)nc1)N1CCC(Cc2ccn[nH]2)CC1. The molecule has 0 radical (unpaired) electrons. The number of piperidine rings is 1. The van der Waals surface area contributed by atoms with Gasteiger partial charge in [0.1, 0.15) is 5.82 Å². The first kappa shape index (κ1) is 15.6. The van der Waals surface area contributed by atoms with Gasteiger partial charge in [0.2, 0.25) is 0 Å². The van der Waals surface area contributed by atoms with Crippen LogP contribution in [0, 0.1) is 5.92 Å². The van der Waals surface area contributed by atoms with E-state index in [1.54, 1.807) is 12.4 Å². The lowest BCUT2D eigenvalue weighted by Gasteiger charge is -2.31. The fourth-order valence-corrected chi connectivity index (χ4v) is 3.38. The first-order chi connectivity index (χ1) is 12.3. The van der Waals surface area contributed by atoms with Crippen LogP contribution < -0.4 is 0 Å². The molecular formula is C19H21N5O. The van der Waals surface area contributed by atoms with Crippen LogP contribution in [-0.2, 0) is 6.42 Å². The molecule has 1 fully saturated rings. The van der Waals surface area contributed by atoms with E-state index in [1.165, 1.54) is 5.69 Å². The van der Waals surface area contributed by atoms with Gasteiger partial charge in [-0.15, -0.1) is 0 Å². The van der Waals surface area contributed by atoms with Gasteiger partial charge in [-0.25, -0.2) is 4.98 Å². The predicted molar refractivity (Wildman–Crippen MR) is 94.5 cm³/mol. The Morgan fingerprint density at radius 3 is 2.60 bits per heavy atom. The monoisotopic (exact) mass is 335 g/mol. The second-order valence-corrected chi connectivity index (χ2v) is 6.52. The van der Waals surface area contributed by atoms with Gasteiger partial charge in [-0.2, -0.15) is 5.10 Å². The number of aromatic nitrogens is 4. The van der Waals surface area contributed by atoms with E-state index in [9.17, 15) is 4.79 Å². The summed E-state index contributed by atoms with van der Waals surface area (Å²) in [5.41, 5.74) is 1.83. The molecule has 1 N–H and O–H groups in total. The molecule has 0 aromatic carbocycles. The maximum atomic E-state index is 12.7.